The molecule has 1 aromatic rings. The normalized spacial score (nSPS) is 10.8. The van der Waals surface area contributed by atoms with Crippen molar-refractivity contribution in [2.75, 3.05) is 0 Å². The van der Waals surface area contributed by atoms with E-state index in [-0.39, 0.29) is 10.7 Å². The first-order valence-electron chi connectivity index (χ1n) is 3.33. The summed E-state index contributed by atoms with van der Waals surface area (Å²) in [5, 5.41) is 17.6. The Morgan fingerprint density at radius 3 is 2.62 bits per heavy atom. The minimum atomic E-state index is -2.89. The number of pyridine rings is 1. The molecule has 72 valence electrons. The molecule has 0 atom stereocenters. The number of halogens is 3. The van der Waals surface area contributed by atoms with Crippen LogP contribution in [-0.4, -0.2) is 15.2 Å². The molecule has 1 rings (SSSR count). The average Bonchev–Trinajstić information content (AvgIpc) is 2.03. The number of rotatable bonds is 2. The molecule has 0 bridgehead atoms. The van der Waals surface area contributed by atoms with Crippen LogP contribution < -0.4 is 0 Å². The van der Waals surface area contributed by atoms with Gasteiger partial charge < -0.3 is 10.2 Å². The second-order valence-electron chi connectivity index (χ2n) is 2.28. The molecule has 0 saturated heterocycles. The van der Waals surface area contributed by atoms with Crippen molar-refractivity contribution in [3.05, 3.63) is 22.5 Å². The lowest BCUT2D eigenvalue weighted by molar-refractivity contribution is 0.141. The maximum Gasteiger partial charge on any atom is 0.284 e. The highest BCUT2D eigenvalue weighted by molar-refractivity contribution is 6.31. The molecule has 0 aliphatic rings. The number of aromatic hydroxyl groups is 1. The zero-order chi connectivity index (χ0) is 10.0. The van der Waals surface area contributed by atoms with Crippen molar-refractivity contribution in [3.63, 3.8) is 0 Å². The third-order valence-electron chi connectivity index (χ3n) is 1.41. The quantitative estimate of drug-likeness (QED) is 0.782. The average molecular weight is 210 g/mol. The van der Waals surface area contributed by atoms with Crippen molar-refractivity contribution in [2.45, 2.75) is 13.0 Å². The van der Waals surface area contributed by atoms with Crippen LogP contribution in [0.5, 0.6) is 5.75 Å². The predicted molar refractivity (Wildman–Crippen MR) is 41.8 cm³/mol. The molecule has 0 aliphatic heterocycles. The number of hydrogen-bond acceptors (Lipinski definition) is 3. The number of aromatic nitrogens is 1. The lowest BCUT2D eigenvalue weighted by atomic mass is 10.3. The van der Waals surface area contributed by atoms with Gasteiger partial charge in [-0.1, -0.05) is 11.6 Å². The van der Waals surface area contributed by atoms with E-state index in [9.17, 15) is 8.78 Å². The van der Waals surface area contributed by atoms with E-state index in [2.05, 4.69) is 4.98 Å². The monoisotopic (exact) mass is 209 g/mol. The fourth-order valence-corrected chi connectivity index (χ4v) is 1.01. The molecule has 0 unspecified atom stereocenters. The molecule has 0 spiro atoms. The zero-order valence-electron chi connectivity index (χ0n) is 6.34. The molecule has 0 fully saturated rings. The molecule has 0 radical (unpaired) electrons. The third kappa shape index (κ3) is 2.05. The molecule has 0 aliphatic carbocycles. The smallest absolute Gasteiger partial charge is 0.284 e. The van der Waals surface area contributed by atoms with Gasteiger partial charge in [-0.2, -0.15) is 0 Å². The van der Waals surface area contributed by atoms with Crippen LogP contribution in [0.25, 0.3) is 0 Å². The molecular weight excluding hydrogens is 204 g/mol. The van der Waals surface area contributed by atoms with Gasteiger partial charge in [-0.25, -0.2) is 13.8 Å². The third-order valence-corrected chi connectivity index (χ3v) is 1.74. The second-order valence-corrected chi connectivity index (χ2v) is 2.69. The molecule has 6 heteroatoms. The van der Waals surface area contributed by atoms with E-state index >= 15 is 0 Å². The van der Waals surface area contributed by atoms with Crippen molar-refractivity contribution in [2.24, 2.45) is 0 Å². The summed E-state index contributed by atoms with van der Waals surface area (Å²) in [5.74, 6) is -0.669. The first-order chi connectivity index (χ1) is 6.06. The molecular formula is C7H6ClF2NO2. The van der Waals surface area contributed by atoms with Crippen molar-refractivity contribution in [3.8, 4) is 5.75 Å². The Labute approximate surface area is 77.6 Å². The maximum atomic E-state index is 12.1. The fraction of sp³-hybridized carbons (Fsp3) is 0.286. The largest absolute Gasteiger partial charge is 0.506 e. The Morgan fingerprint density at radius 2 is 2.15 bits per heavy atom. The number of alkyl halides is 2. The van der Waals surface area contributed by atoms with E-state index in [0.29, 0.717) is 0 Å². The maximum absolute atomic E-state index is 12.1. The molecule has 0 saturated carbocycles. The molecule has 0 aromatic carbocycles. The van der Waals surface area contributed by atoms with Crippen molar-refractivity contribution in [1.82, 2.24) is 4.98 Å². The minimum Gasteiger partial charge on any atom is -0.506 e. The van der Waals surface area contributed by atoms with Crippen LogP contribution in [0.2, 0.25) is 5.02 Å². The van der Waals surface area contributed by atoms with Gasteiger partial charge in [-0.15, -0.1) is 0 Å². The Morgan fingerprint density at radius 1 is 1.54 bits per heavy atom. The van der Waals surface area contributed by atoms with E-state index in [1.807, 2.05) is 0 Å². The molecule has 1 heterocycles. The van der Waals surface area contributed by atoms with E-state index in [4.69, 9.17) is 21.8 Å². The van der Waals surface area contributed by atoms with Crippen LogP contribution >= 0.6 is 11.6 Å². The molecule has 13 heavy (non-hydrogen) atoms. The van der Waals surface area contributed by atoms with E-state index in [1.54, 1.807) is 0 Å². The number of nitrogens with zero attached hydrogens (tertiary/aromatic N) is 1. The van der Waals surface area contributed by atoms with Crippen LogP contribution in [0.15, 0.2) is 6.07 Å². The molecule has 3 nitrogen and oxygen atoms in total. The second kappa shape index (κ2) is 3.85. The zero-order valence-corrected chi connectivity index (χ0v) is 7.09. The summed E-state index contributed by atoms with van der Waals surface area (Å²) in [6, 6.07) is 0.932. The van der Waals surface area contributed by atoms with Crippen molar-refractivity contribution < 1.29 is 19.0 Å². The number of hydrogen-bond donors (Lipinski definition) is 2. The van der Waals surface area contributed by atoms with E-state index in [1.165, 1.54) is 0 Å². The Bertz CT molecular complexity index is 320. The Kier molecular flexibility index (Phi) is 3.00. The van der Waals surface area contributed by atoms with Gasteiger partial charge in [0.05, 0.1) is 17.3 Å². The minimum absolute atomic E-state index is 0.0376. The van der Waals surface area contributed by atoms with Crippen LogP contribution in [-0.2, 0) is 6.61 Å². The molecule has 0 amide bonds. The highest BCUT2D eigenvalue weighted by Crippen LogP contribution is 2.29. The summed E-state index contributed by atoms with van der Waals surface area (Å²) in [7, 11) is 0. The van der Waals surface area contributed by atoms with Crippen LogP contribution in [0.4, 0.5) is 8.78 Å². The number of aliphatic hydroxyl groups excluding tert-OH is 1. The summed E-state index contributed by atoms with van der Waals surface area (Å²) < 4.78 is 24.3. The molecule has 1 aromatic heterocycles. The first-order valence-corrected chi connectivity index (χ1v) is 3.71. The lowest BCUT2D eigenvalue weighted by Crippen LogP contribution is -1.97. The fourth-order valence-electron chi connectivity index (χ4n) is 0.805. The van der Waals surface area contributed by atoms with Gasteiger partial charge >= 0.3 is 0 Å². The Hall–Kier alpha value is -0.940. The Balaban J connectivity index is 3.22. The summed E-state index contributed by atoms with van der Waals surface area (Å²) >= 11 is 5.48. The van der Waals surface area contributed by atoms with Gasteiger partial charge in [-0.3, -0.25) is 0 Å². The van der Waals surface area contributed by atoms with Crippen LogP contribution in [0.3, 0.4) is 0 Å². The van der Waals surface area contributed by atoms with Crippen molar-refractivity contribution in [1.29, 1.82) is 0 Å². The summed E-state index contributed by atoms with van der Waals surface area (Å²) in [5.41, 5.74) is -0.844. The molecule has 2 N–H and O–H groups in total. The first kappa shape index (κ1) is 10.1. The summed E-state index contributed by atoms with van der Waals surface area (Å²) in [6.07, 6.45) is -2.89. The van der Waals surface area contributed by atoms with Gasteiger partial charge in [0.15, 0.2) is 0 Å². The highest BCUT2D eigenvalue weighted by atomic mass is 35.5. The van der Waals surface area contributed by atoms with E-state index < -0.39 is 24.5 Å². The standard InChI is InChI=1S/C7H6ClF2NO2/c8-3-1-5(13)6(7(9)10)11-4(3)2-12/h1,7,12-13H,2H2. The SMILES string of the molecule is OCc1nc(C(F)F)c(O)cc1Cl. The van der Waals surface area contributed by atoms with Gasteiger partial charge in [0, 0.05) is 6.07 Å². The van der Waals surface area contributed by atoms with Gasteiger partial charge in [0.25, 0.3) is 6.43 Å². The van der Waals surface area contributed by atoms with Gasteiger partial charge in [0.2, 0.25) is 0 Å². The van der Waals surface area contributed by atoms with Crippen molar-refractivity contribution >= 4 is 11.6 Å². The predicted octanol–water partition coefficient (Wildman–Crippen LogP) is 1.87. The van der Waals surface area contributed by atoms with Crippen LogP contribution in [0, 0.1) is 0 Å². The van der Waals surface area contributed by atoms with Crippen LogP contribution in [0.1, 0.15) is 17.8 Å². The van der Waals surface area contributed by atoms with E-state index in [0.717, 1.165) is 6.07 Å². The highest BCUT2D eigenvalue weighted by Gasteiger charge is 2.17. The topological polar surface area (TPSA) is 53.4 Å². The lowest BCUT2D eigenvalue weighted by Gasteiger charge is -2.05. The van der Waals surface area contributed by atoms with Gasteiger partial charge in [-0.05, 0) is 0 Å². The summed E-state index contributed by atoms with van der Waals surface area (Å²) in [4.78, 5) is 3.31. The van der Waals surface area contributed by atoms with Gasteiger partial charge in [0.1, 0.15) is 11.4 Å². The summed E-state index contributed by atoms with van der Waals surface area (Å²) in [6.45, 7) is -0.543. The number of aliphatic hydroxyl groups is 1.